The molecule has 0 aliphatic carbocycles. The molecule has 1 saturated heterocycles. The zero-order chi connectivity index (χ0) is 15.1. The molecule has 0 spiro atoms. The number of hydrogen-bond acceptors (Lipinski definition) is 3. The molecule has 1 unspecified atom stereocenters. The van der Waals surface area contributed by atoms with Gasteiger partial charge < -0.3 is 9.64 Å². The predicted molar refractivity (Wildman–Crippen MR) is 80.7 cm³/mol. The van der Waals surface area contributed by atoms with Crippen molar-refractivity contribution in [2.75, 3.05) is 19.7 Å². The molecule has 2 rings (SSSR count). The second-order valence-electron chi connectivity index (χ2n) is 5.46. The van der Waals surface area contributed by atoms with Crippen LogP contribution >= 0.6 is 0 Å². The number of piperidine rings is 1. The topological polar surface area (TPSA) is 53.3 Å². The Hall–Kier alpha value is -1.86. The SMILES string of the molecule is CCCOC1CCCN(C(=O)Cc2ccc(C#N)cc2)C1. The maximum atomic E-state index is 12.3. The predicted octanol–water partition coefficient (Wildman–Crippen LogP) is 2.52. The van der Waals surface area contributed by atoms with E-state index in [0.717, 1.165) is 38.0 Å². The fraction of sp³-hybridized carbons (Fsp3) is 0.529. The summed E-state index contributed by atoms with van der Waals surface area (Å²) in [5.41, 5.74) is 1.58. The van der Waals surface area contributed by atoms with Crippen molar-refractivity contribution < 1.29 is 9.53 Å². The van der Waals surface area contributed by atoms with Crippen LogP contribution in [0.25, 0.3) is 0 Å². The summed E-state index contributed by atoms with van der Waals surface area (Å²) < 4.78 is 5.76. The minimum atomic E-state index is 0.143. The Kier molecular flexibility index (Phi) is 5.77. The summed E-state index contributed by atoms with van der Waals surface area (Å²) >= 11 is 0. The fourth-order valence-corrected chi connectivity index (χ4v) is 2.57. The molecule has 1 atom stereocenters. The van der Waals surface area contributed by atoms with Crippen molar-refractivity contribution in [3.05, 3.63) is 35.4 Å². The average Bonchev–Trinajstić information content (AvgIpc) is 2.54. The standard InChI is InChI=1S/C17H22N2O2/c1-2-10-21-16-4-3-9-19(13-16)17(20)11-14-5-7-15(12-18)8-6-14/h5-8,16H,2-4,9-11,13H2,1H3. The smallest absolute Gasteiger partial charge is 0.227 e. The fourth-order valence-electron chi connectivity index (χ4n) is 2.57. The second kappa shape index (κ2) is 7.80. The van der Waals surface area contributed by atoms with Crippen LogP contribution in [0.2, 0.25) is 0 Å². The molecule has 0 saturated carbocycles. The van der Waals surface area contributed by atoms with Crippen molar-refractivity contribution in [2.45, 2.75) is 38.7 Å². The van der Waals surface area contributed by atoms with Gasteiger partial charge in [0, 0.05) is 19.7 Å². The van der Waals surface area contributed by atoms with Crippen LogP contribution in [0.5, 0.6) is 0 Å². The summed E-state index contributed by atoms with van der Waals surface area (Å²) in [5, 5.41) is 8.78. The molecule has 21 heavy (non-hydrogen) atoms. The highest BCUT2D eigenvalue weighted by molar-refractivity contribution is 5.79. The Bertz CT molecular complexity index is 505. The molecule has 4 nitrogen and oxygen atoms in total. The van der Waals surface area contributed by atoms with Gasteiger partial charge in [0.2, 0.25) is 5.91 Å². The van der Waals surface area contributed by atoms with Gasteiger partial charge in [0.1, 0.15) is 0 Å². The number of carbonyl (C=O) groups is 1. The third kappa shape index (κ3) is 4.57. The van der Waals surface area contributed by atoms with E-state index >= 15 is 0 Å². The maximum Gasteiger partial charge on any atom is 0.227 e. The van der Waals surface area contributed by atoms with Crippen LogP contribution in [0.15, 0.2) is 24.3 Å². The van der Waals surface area contributed by atoms with E-state index in [9.17, 15) is 4.79 Å². The van der Waals surface area contributed by atoms with Crippen LogP contribution in [0.1, 0.15) is 37.3 Å². The van der Waals surface area contributed by atoms with Gasteiger partial charge in [-0.2, -0.15) is 5.26 Å². The molecule has 1 amide bonds. The normalized spacial score (nSPS) is 18.3. The number of nitrogens with zero attached hydrogens (tertiary/aromatic N) is 2. The minimum absolute atomic E-state index is 0.143. The van der Waals surface area contributed by atoms with Gasteiger partial charge in [0.25, 0.3) is 0 Å². The number of amides is 1. The Labute approximate surface area is 126 Å². The summed E-state index contributed by atoms with van der Waals surface area (Å²) in [6.07, 6.45) is 3.64. The summed E-state index contributed by atoms with van der Waals surface area (Å²) in [6.45, 7) is 4.38. The Morgan fingerprint density at radius 1 is 1.43 bits per heavy atom. The van der Waals surface area contributed by atoms with Crippen molar-refractivity contribution in [3.63, 3.8) is 0 Å². The van der Waals surface area contributed by atoms with Gasteiger partial charge in [-0.15, -0.1) is 0 Å². The van der Waals surface area contributed by atoms with Crippen molar-refractivity contribution >= 4 is 5.91 Å². The van der Waals surface area contributed by atoms with E-state index in [1.54, 1.807) is 12.1 Å². The lowest BCUT2D eigenvalue weighted by atomic mass is 10.1. The Balaban J connectivity index is 1.88. The van der Waals surface area contributed by atoms with Gasteiger partial charge in [-0.05, 0) is 37.0 Å². The molecule has 0 radical (unpaired) electrons. The highest BCUT2D eigenvalue weighted by Gasteiger charge is 2.23. The summed E-state index contributed by atoms with van der Waals surface area (Å²) in [6, 6.07) is 9.30. The number of ether oxygens (including phenoxy) is 1. The largest absolute Gasteiger partial charge is 0.376 e. The molecule has 1 aliphatic rings. The molecule has 0 aromatic heterocycles. The van der Waals surface area contributed by atoms with Gasteiger partial charge in [0.05, 0.1) is 24.2 Å². The molecule has 1 aliphatic heterocycles. The zero-order valence-electron chi connectivity index (χ0n) is 12.5. The minimum Gasteiger partial charge on any atom is -0.376 e. The summed E-state index contributed by atoms with van der Waals surface area (Å²) in [7, 11) is 0. The van der Waals surface area contributed by atoms with Crippen molar-refractivity contribution in [2.24, 2.45) is 0 Å². The number of likely N-dealkylation sites (tertiary alicyclic amines) is 1. The van der Waals surface area contributed by atoms with E-state index in [1.807, 2.05) is 17.0 Å². The first-order chi connectivity index (χ1) is 10.2. The number of nitriles is 1. The van der Waals surface area contributed by atoms with Gasteiger partial charge in [0.15, 0.2) is 0 Å². The highest BCUT2D eigenvalue weighted by atomic mass is 16.5. The third-order valence-corrected chi connectivity index (χ3v) is 3.73. The van der Waals surface area contributed by atoms with Crippen LogP contribution in [-0.4, -0.2) is 36.6 Å². The van der Waals surface area contributed by atoms with Crippen molar-refractivity contribution in [3.8, 4) is 6.07 Å². The lowest BCUT2D eigenvalue weighted by Crippen LogP contribution is -2.44. The zero-order valence-corrected chi connectivity index (χ0v) is 12.5. The van der Waals surface area contributed by atoms with E-state index in [2.05, 4.69) is 13.0 Å². The first-order valence-electron chi connectivity index (χ1n) is 7.61. The van der Waals surface area contributed by atoms with E-state index in [-0.39, 0.29) is 12.0 Å². The average molecular weight is 286 g/mol. The van der Waals surface area contributed by atoms with E-state index in [1.165, 1.54) is 0 Å². The molecular formula is C17H22N2O2. The Morgan fingerprint density at radius 3 is 2.86 bits per heavy atom. The molecule has 1 aromatic carbocycles. The summed E-state index contributed by atoms with van der Waals surface area (Å²) in [5.74, 6) is 0.143. The molecule has 4 heteroatoms. The lowest BCUT2D eigenvalue weighted by molar-refractivity contribution is -0.134. The quantitative estimate of drug-likeness (QED) is 0.835. The molecule has 1 heterocycles. The molecule has 0 N–H and O–H groups in total. The highest BCUT2D eigenvalue weighted by Crippen LogP contribution is 2.15. The van der Waals surface area contributed by atoms with Crippen molar-refractivity contribution in [1.82, 2.24) is 4.90 Å². The lowest BCUT2D eigenvalue weighted by Gasteiger charge is -2.32. The van der Waals surface area contributed by atoms with Crippen molar-refractivity contribution in [1.29, 1.82) is 5.26 Å². The van der Waals surface area contributed by atoms with Gasteiger partial charge in [-0.1, -0.05) is 19.1 Å². The molecule has 1 aromatic rings. The van der Waals surface area contributed by atoms with Crippen LogP contribution in [0.4, 0.5) is 0 Å². The Morgan fingerprint density at radius 2 is 2.19 bits per heavy atom. The first-order valence-corrected chi connectivity index (χ1v) is 7.61. The molecule has 112 valence electrons. The third-order valence-electron chi connectivity index (χ3n) is 3.73. The van der Waals surface area contributed by atoms with Crippen LogP contribution < -0.4 is 0 Å². The molecule has 1 fully saturated rings. The molecular weight excluding hydrogens is 264 g/mol. The number of hydrogen-bond donors (Lipinski definition) is 0. The monoisotopic (exact) mass is 286 g/mol. The maximum absolute atomic E-state index is 12.3. The number of benzene rings is 1. The van der Waals surface area contributed by atoms with Crippen LogP contribution in [-0.2, 0) is 16.0 Å². The van der Waals surface area contributed by atoms with E-state index in [0.29, 0.717) is 18.5 Å². The van der Waals surface area contributed by atoms with Gasteiger partial charge in [-0.3, -0.25) is 4.79 Å². The molecule has 0 bridgehead atoms. The van der Waals surface area contributed by atoms with Crippen LogP contribution in [0.3, 0.4) is 0 Å². The number of carbonyl (C=O) groups excluding carboxylic acids is 1. The summed E-state index contributed by atoms with van der Waals surface area (Å²) in [4.78, 5) is 14.3. The van der Waals surface area contributed by atoms with Crippen LogP contribution in [0, 0.1) is 11.3 Å². The van der Waals surface area contributed by atoms with E-state index in [4.69, 9.17) is 10.00 Å². The number of rotatable bonds is 5. The van der Waals surface area contributed by atoms with E-state index < -0.39 is 0 Å². The van der Waals surface area contributed by atoms with Gasteiger partial charge >= 0.3 is 0 Å². The van der Waals surface area contributed by atoms with Gasteiger partial charge in [-0.25, -0.2) is 0 Å². The first kappa shape index (κ1) is 15.5. The second-order valence-corrected chi connectivity index (χ2v) is 5.46.